The number of fused-ring (bicyclic) bond motifs is 1. The molecule has 1 aromatic heterocycles. The maximum absolute atomic E-state index is 6.19. The first-order valence-electron chi connectivity index (χ1n) is 7.21. The highest BCUT2D eigenvalue weighted by molar-refractivity contribution is 9.10. The third-order valence-electron chi connectivity index (χ3n) is 3.69. The SMILES string of the molecule is NC1CCCCc2nc(CSc3cccc(Br)c3)ncc21. The maximum atomic E-state index is 6.19. The first-order valence-corrected chi connectivity index (χ1v) is 8.99. The molecular formula is C16H18BrN3S. The molecular weight excluding hydrogens is 346 g/mol. The Hall–Kier alpha value is -0.910. The van der Waals surface area contributed by atoms with Gasteiger partial charge in [0.15, 0.2) is 0 Å². The van der Waals surface area contributed by atoms with E-state index in [4.69, 9.17) is 10.7 Å². The average molecular weight is 364 g/mol. The van der Waals surface area contributed by atoms with Gasteiger partial charge in [-0.25, -0.2) is 9.97 Å². The average Bonchev–Trinajstić information content (AvgIpc) is 2.67. The summed E-state index contributed by atoms with van der Waals surface area (Å²) in [7, 11) is 0. The van der Waals surface area contributed by atoms with E-state index in [9.17, 15) is 0 Å². The minimum atomic E-state index is 0.106. The predicted molar refractivity (Wildman–Crippen MR) is 90.2 cm³/mol. The summed E-state index contributed by atoms with van der Waals surface area (Å²) in [5.74, 6) is 1.69. The number of nitrogens with zero attached hydrogens (tertiary/aromatic N) is 2. The fourth-order valence-corrected chi connectivity index (χ4v) is 3.93. The van der Waals surface area contributed by atoms with Gasteiger partial charge < -0.3 is 5.73 Å². The van der Waals surface area contributed by atoms with Gasteiger partial charge in [-0.1, -0.05) is 28.4 Å². The summed E-state index contributed by atoms with van der Waals surface area (Å²) in [6.07, 6.45) is 6.37. The van der Waals surface area contributed by atoms with Gasteiger partial charge in [0.05, 0.1) is 5.75 Å². The fourth-order valence-electron chi connectivity index (χ4n) is 2.56. The molecule has 1 aliphatic carbocycles. The minimum Gasteiger partial charge on any atom is -0.324 e. The summed E-state index contributed by atoms with van der Waals surface area (Å²) < 4.78 is 1.10. The van der Waals surface area contributed by atoms with Crippen molar-refractivity contribution in [3.63, 3.8) is 0 Å². The Balaban J connectivity index is 1.73. The van der Waals surface area contributed by atoms with E-state index in [1.165, 1.54) is 17.7 Å². The van der Waals surface area contributed by atoms with Crippen LogP contribution in [0.5, 0.6) is 0 Å². The molecule has 5 heteroatoms. The highest BCUT2D eigenvalue weighted by Gasteiger charge is 2.17. The van der Waals surface area contributed by atoms with Crippen molar-refractivity contribution in [2.45, 2.75) is 42.4 Å². The number of rotatable bonds is 3. The van der Waals surface area contributed by atoms with Gasteiger partial charge in [-0.15, -0.1) is 11.8 Å². The zero-order valence-corrected chi connectivity index (χ0v) is 14.2. The number of halogens is 1. The zero-order chi connectivity index (χ0) is 14.7. The van der Waals surface area contributed by atoms with Crippen molar-refractivity contribution in [3.05, 3.63) is 52.0 Å². The van der Waals surface area contributed by atoms with Gasteiger partial charge in [-0.3, -0.25) is 0 Å². The van der Waals surface area contributed by atoms with Gasteiger partial charge >= 0.3 is 0 Å². The molecule has 0 spiro atoms. The Labute approximate surface area is 137 Å². The standard InChI is InChI=1S/C16H18BrN3S/c17-11-4-3-5-12(8-11)21-10-16-19-9-13-14(18)6-1-2-7-15(13)20-16/h3-5,8-9,14H,1-2,6-7,10,18H2. The molecule has 0 fully saturated rings. The van der Waals surface area contributed by atoms with Crippen LogP contribution in [-0.2, 0) is 12.2 Å². The van der Waals surface area contributed by atoms with Crippen LogP contribution in [0.2, 0.25) is 0 Å². The molecule has 1 heterocycles. The van der Waals surface area contributed by atoms with E-state index in [0.717, 1.165) is 40.1 Å². The Bertz CT molecular complexity index is 633. The van der Waals surface area contributed by atoms with Crippen molar-refractivity contribution in [1.82, 2.24) is 9.97 Å². The third kappa shape index (κ3) is 3.84. The molecule has 110 valence electrons. The highest BCUT2D eigenvalue weighted by atomic mass is 79.9. The van der Waals surface area contributed by atoms with E-state index < -0.39 is 0 Å². The van der Waals surface area contributed by atoms with Crippen molar-refractivity contribution in [2.75, 3.05) is 0 Å². The van der Waals surface area contributed by atoms with Crippen molar-refractivity contribution >= 4 is 27.7 Å². The first-order chi connectivity index (χ1) is 10.2. The number of benzene rings is 1. The van der Waals surface area contributed by atoms with E-state index in [1.54, 1.807) is 11.8 Å². The molecule has 1 aromatic carbocycles. The summed E-state index contributed by atoms with van der Waals surface area (Å²) in [5, 5.41) is 0. The van der Waals surface area contributed by atoms with Gasteiger partial charge in [0.1, 0.15) is 5.82 Å². The smallest absolute Gasteiger partial charge is 0.138 e. The number of thioether (sulfide) groups is 1. The number of hydrogen-bond acceptors (Lipinski definition) is 4. The summed E-state index contributed by atoms with van der Waals surface area (Å²) in [4.78, 5) is 10.5. The summed E-state index contributed by atoms with van der Waals surface area (Å²) in [5.41, 5.74) is 8.48. The zero-order valence-electron chi connectivity index (χ0n) is 11.8. The van der Waals surface area contributed by atoms with E-state index in [2.05, 4.69) is 33.0 Å². The quantitative estimate of drug-likeness (QED) is 0.653. The second-order valence-corrected chi connectivity index (χ2v) is 7.25. The van der Waals surface area contributed by atoms with Crippen molar-refractivity contribution < 1.29 is 0 Å². The van der Waals surface area contributed by atoms with Gasteiger partial charge in [0.25, 0.3) is 0 Å². The normalized spacial score (nSPS) is 18.1. The molecule has 0 aliphatic heterocycles. The van der Waals surface area contributed by atoms with Crippen LogP contribution in [0.3, 0.4) is 0 Å². The first kappa shape index (κ1) is 15.0. The van der Waals surface area contributed by atoms with Crippen molar-refractivity contribution in [3.8, 4) is 0 Å². The summed E-state index contributed by atoms with van der Waals surface area (Å²) in [6, 6.07) is 8.40. The van der Waals surface area contributed by atoms with Gasteiger partial charge in [-0.2, -0.15) is 0 Å². The molecule has 0 bridgehead atoms. The number of aryl methyl sites for hydroxylation is 1. The second-order valence-electron chi connectivity index (χ2n) is 5.29. The second kappa shape index (κ2) is 6.90. The molecule has 0 radical (unpaired) electrons. The highest BCUT2D eigenvalue weighted by Crippen LogP contribution is 2.27. The van der Waals surface area contributed by atoms with Gasteiger partial charge in [0.2, 0.25) is 0 Å². The number of hydrogen-bond donors (Lipinski definition) is 1. The van der Waals surface area contributed by atoms with E-state index >= 15 is 0 Å². The molecule has 1 unspecified atom stereocenters. The molecule has 2 N–H and O–H groups in total. The lowest BCUT2D eigenvalue weighted by atomic mass is 10.1. The Morgan fingerprint density at radius 2 is 2.24 bits per heavy atom. The maximum Gasteiger partial charge on any atom is 0.138 e. The van der Waals surface area contributed by atoms with Crippen LogP contribution in [0.15, 0.2) is 39.8 Å². The van der Waals surface area contributed by atoms with Crippen molar-refractivity contribution in [1.29, 1.82) is 0 Å². The predicted octanol–water partition coefficient (Wildman–Crippen LogP) is 4.26. The van der Waals surface area contributed by atoms with Crippen molar-refractivity contribution in [2.24, 2.45) is 5.73 Å². The molecule has 3 rings (SSSR count). The lowest BCUT2D eigenvalue weighted by Gasteiger charge is -2.12. The van der Waals surface area contributed by atoms with Crippen LogP contribution < -0.4 is 5.73 Å². The summed E-state index contributed by atoms with van der Waals surface area (Å²) in [6.45, 7) is 0. The topological polar surface area (TPSA) is 51.8 Å². The number of aromatic nitrogens is 2. The van der Waals surface area contributed by atoms with Crippen LogP contribution in [-0.4, -0.2) is 9.97 Å². The molecule has 2 aromatic rings. The Morgan fingerprint density at radius 1 is 1.33 bits per heavy atom. The lowest BCUT2D eigenvalue weighted by molar-refractivity contribution is 0.614. The van der Waals surface area contributed by atoms with Crippen LogP contribution in [0, 0.1) is 0 Å². The van der Waals surface area contributed by atoms with Gasteiger partial charge in [-0.05, 0) is 37.5 Å². The Kier molecular flexibility index (Phi) is 4.93. The molecule has 0 amide bonds. The molecule has 0 saturated heterocycles. The van der Waals surface area contributed by atoms with Crippen LogP contribution in [0.25, 0.3) is 0 Å². The third-order valence-corrected chi connectivity index (χ3v) is 5.18. The minimum absolute atomic E-state index is 0.106. The van der Waals surface area contributed by atoms with E-state index in [0.29, 0.717) is 0 Å². The molecule has 1 atom stereocenters. The van der Waals surface area contributed by atoms with E-state index in [1.807, 2.05) is 18.3 Å². The Morgan fingerprint density at radius 3 is 3.10 bits per heavy atom. The van der Waals surface area contributed by atoms with Crippen LogP contribution >= 0.6 is 27.7 Å². The van der Waals surface area contributed by atoms with Gasteiger partial charge in [0, 0.05) is 32.9 Å². The van der Waals surface area contributed by atoms with Crippen LogP contribution in [0.1, 0.15) is 42.4 Å². The van der Waals surface area contributed by atoms with Crippen LogP contribution in [0.4, 0.5) is 0 Å². The number of nitrogens with two attached hydrogens (primary N) is 1. The molecule has 3 nitrogen and oxygen atoms in total. The fraction of sp³-hybridized carbons (Fsp3) is 0.375. The van der Waals surface area contributed by atoms with E-state index in [-0.39, 0.29) is 6.04 Å². The monoisotopic (exact) mass is 363 g/mol. The molecule has 0 saturated carbocycles. The molecule has 1 aliphatic rings. The lowest BCUT2D eigenvalue weighted by Crippen LogP contribution is -2.13. The summed E-state index contributed by atoms with van der Waals surface area (Å²) >= 11 is 5.25. The largest absolute Gasteiger partial charge is 0.324 e. The molecule has 21 heavy (non-hydrogen) atoms.